The van der Waals surface area contributed by atoms with Crippen molar-refractivity contribution in [2.75, 3.05) is 19.6 Å². The molecule has 1 heterocycles. The second-order valence-corrected chi connectivity index (χ2v) is 4.99. The van der Waals surface area contributed by atoms with Gasteiger partial charge in [0.2, 0.25) is 0 Å². The van der Waals surface area contributed by atoms with Crippen molar-refractivity contribution in [2.45, 2.75) is 31.6 Å². The molecule has 4 heteroatoms. The number of β-amino-alcohol motifs (C(OH)–C–C–N with tert-alkyl or cyclic N) is 1. The highest BCUT2D eigenvalue weighted by Gasteiger charge is 2.19. The summed E-state index contributed by atoms with van der Waals surface area (Å²) in [6.07, 6.45) is 0.979. The second kappa shape index (κ2) is 6.29. The molecule has 2 rings (SSSR count). The van der Waals surface area contributed by atoms with E-state index in [0.717, 1.165) is 37.1 Å². The van der Waals surface area contributed by atoms with E-state index in [0.29, 0.717) is 13.1 Å². The molecule has 18 heavy (non-hydrogen) atoms. The van der Waals surface area contributed by atoms with Crippen LogP contribution < -0.4 is 5.73 Å². The van der Waals surface area contributed by atoms with Crippen LogP contribution in [0.4, 0.5) is 0 Å². The largest absolute Gasteiger partial charge is 0.393 e. The summed E-state index contributed by atoms with van der Waals surface area (Å²) >= 11 is 0. The molecule has 1 aromatic rings. The zero-order chi connectivity index (χ0) is 13.0. The Hall–Kier alpha value is -0.940. The molecular weight excluding hydrogens is 228 g/mol. The summed E-state index contributed by atoms with van der Waals surface area (Å²) in [6, 6.07) is 7.79. The van der Waals surface area contributed by atoms with E-state index in [-0.39, 0.29) is 6.10 Å². The molecule has 100 valence electrons. The molecule has 1 saturated heterocycles. The number of piperidine rings is 1. The molecule has 1 aliphatic rings. The standard InChI is InChI=1S/C14H22N2O2/c15-9-11-1-3-12(4-2-11)14(18)10-16-7-5-13(17)6-8-16/h1-4,13-14,17-18H,5-10,15H2. The third-order valence-electron chi connectivity index (χ3n) is 3.59. The van der Waals surface area contributed by atoms with Crippen molar-refractivity contribution < 1.29 is 10.2 Å². The number of likely N-dealkylation sites (tertiary alicyclic amines) is 1. The van der Waals surface area contributed by atoms with Gasteiger partial charge in [0, 0.05) is 26.2 Å². The summed E-state index contributed by atoms with van der Waals surface area (Å²) in [5.74, 6) is 0. The Kier molecular flexibility index (Phi) is 4.72. The predicted molar refractivity (Wildman–Crippen MR) is 71.0 cm³/mol. The third-order valence-corrected chi connectivity index (χ3v) is 3.59. The van der Waals surface area contributed by atoms with Crippen LogP contribution in [0.25, 0.3) is 0 Å². The lowest BCUT2D eigenvalue weighted by molar-refractivity contribution is 0.0508. The van der Waals surface area contributed by atoms with E-state index < -0.39 is 6.10 Å². The van der Waals surface area contributed by atoms with Gasteiger partial charge in [-0.1, -0.05) is 24.3 Å². The Morgan fingerprint density at radius 1 is 1.22 bits per heavy atom. The van der Waals surface area contributed by atoms with Crippen LogP contribution in [-0.2, 0) is 6.54 Å². The minimum absolute atomic E-state index is 0.165. The normalized spacial score (nSPS) is 19.9. The Bertz CT molecular complexity index is 359. The SMILES string of the molecule is NCc1ccc(C(O)CN2CCC(O)CC2)cc1. The van der Waals surface area contributed by atoms with Crippen LogP contribution in [0.3, 0.4) is 0 Å². The average Bonchev–Trinajstić information content (AvgIpc) is 2.41. The minimum atomic E-state index is -0.466. The van der Waals surface area contributed by atoms with Crippen molar-refractivity contribution in [1.29, 1.82) is 0 Å². The molecule has 1 aromatic carbocycles. The van der Waals surface area contributed by atoms with E-state index in [1.54, 1.807) is 0 Å². The Balaban J connectivity index is 1.88. The van der Waals surface area contributed by atoms with Crippen molar-refractivity contribution in [3.8, 4) is 0 Å². The van der Waals surface area contributed by atoms with Gasteiger partial charge in [0.25, 0.3) is 0 Å². The first kappa shape index (κ1) is 13.5. The summed E-state index contributed by atoms with van der Waals surface area (Å²) in [5.41, 5.74) is 7.55. The molecule has 4 nitrogen and oxygen atoms in total. The zero-order valence-electron chi connectivity index (χ0n) is 10.6. The second-order valence-electron chi connectivity index (χ2n) is 4.99. The van der Waals surface area contributed by atoms with Gasteiger partial charge < -0.3 is 20.8 Å². The maximum Gasteiger partial charge on any atom is 0.0916 e. The first-order valence-corrected chi connectivity index (χ1v) is 6.56. The van der Waals surface area contributed by atoms with E-state index in [1.165, 1.54) is 0 Å². The molecule has 0 radical (unpaired) electrons. The van der Waals surface area contributed by atoms with Gasteiger partial charge in [0.1, 0.15) is 0 Å². The molecule has 1 fully saturated rings. The number of aliphatic hydroxyl groups is 2. The van der Waals surface area contributed by atoms with Crippen LogP contribution in [-0.4, -0.2) is 40.9 Å². The van der Waals surface area contributed by atoms with Crippen LogP contribution in [0.1, 0.15) is 30.1 Å². The van der Waals surface area contributed by atoms with Gasteiger partial charge in [-0.2, -0.15) is 0 Å². The van der Waals surface area contributed by atoms with Crippen molar-refractivity contribution in [3.63, 3.8) is 0 Å². The maximum atomic E-state index is 10.2. The average molecular weight is 250 g/mol. The summed E-state index contributed by atoms with van der Waals surface area (Å²) < 4.78 is 0. The van der Waals surface area contributed by atoms with E-state index in [9.17, 15) is 10.2 Å². The molecule has 1 atom stereocenters. The monoisotopic (exact) mass is 250 g/mol. The molecular formula is C14H22N2O2. The van der Waals surface area contributed by atoms with Crippen LogP contribution in [0.15, 0.2) is 24.3 Å². The number of nitrogens with two attached hydrogens (primary N) is 1. The number of rotatable bonds is 4. The number of nitrogens with zero attached hydrogens (tertiary/aromatic N) is 1. The number of hydrogen-bond acceptors (Lipinski definition) is 4. The lowest BCUT2D eigenvalue weighted by Gasteiger charge is -2.31. The molecule has 0 saturated carbocycles. The molecule has 0 aromatic heterocycles. The fourth-order valence-corrected chi connectivity index (χ4v) is 2.33. The number of benzene rings is 1. The number of hydrogen-bond donors (Lipinski definition) is 3. The highest BCUT2D eigenvalue weighted by molar-refractivity contribution is 5.24. The molecule has 0 amide bonds. The van der Waals surface area contributed by atoms with Gasteiger partial charge in [0.15, 0.2) is 0 Å². The topological polar surface area (TPSA) is 69.7 Å². The Morgan fingerprint density at radius 3 is 2.39 bits per heavy atom. The lowest BCUT2D eigenvalue weighted by Crippen LogP contribution is -2.38. The van der Waals surface area contributed by atoms with E-state index in [1.807, 2.05) is 24.3 Å². The predicted octanol–water partition coefficient (Wildman–Crippen LogP) is 0.635. The van der Waals surface area contributed by atoms with Crippen molar-refractivity contribution in [2.24, 2.45) is 5.73 Å². The van der Waals surface area contributed by atoms with Crippen LogP contribution in [0.5, 0.6) is 0 Å². The van der Waals surface area contributed by atoms with Crippen LogP contribution in [0.2, 0.25) is 0 Å². The molecule has 0 spiro atoms. The highest BCUT2D eigenvalue weighted by Crippen LogP contribution is 2.18. The zero-order valence-corrected chi connectivity index (χ0v) is 10.6. The molecule has 4 N–H and O–H groups in total. The highest BCUT2D eigenvalue weighted by atomic mass is 16.3. The summed E-state index contributed by atoms with van der Waals surface area (Å²) in [5, 5.41) is 19.6. The number of aliphatic hydroxyl groups excluding tert-OH is 2. The van der Waals surface area contributed by atoms with Gasteiger partial charge in [0.05, 0.1) is 12.2 Å². The van der Waals surface area contributed by atoms with E-state index in [2.05, 4.69) is 4.90 Å². The summed E-state index contributed by atoms with van der Waals surface area (Å²) in [4.78, 5) is 2.20. The summed E-state index contributed by atoms with van der Waals surface area (Å²) in [6.45, 7) is 2.88. The first-order valence-electron chi connectivity index (χ1n) is 6.56. The van der Waals surface area contributed by atoms with Crippen molar-refractivity contribution in [3.05, 3.63) is 35.4 Å². The molecule has 1 unspecified atom stereocenters. The fourth-order valence-electron chi connectivity index (χ4n) is 2.33. The molecule has 0 aliphatic carbocycles. The fraction of sp³-hybridized carbons (Fsp3) is 0.571. The van der Waals surface area contributed by atoms with E-state index in [4.69, 9.17) is 5.73 Å². The van der Waals surface area contributed by atoms with Gasteiger partial charge in [-0.3, -0.25) is 0 Å². The van der Waals surface area contributed by atoms with Gasteiger partial charge >= 0.3 is 0 Å². The van der Waals surface area contributed by atoms with Crippen molar-refractivity contribution in [1.82, 2.24) is 4.90 Å². The van der Waals surface area contributed by atoms with Crippen molar-refractivity contribution >= 4 is 0 Å². The lowest BCUT2D eigenvalue weighted by atomic mass is 10.0. The smallest absolute Gasteiger partial charge is 0.0916 e. The molecule has 0 bridgehead atoms. The van der Waals surface area contributed by atoms with Gasteiger partial charge in [-0.15, -0.1) is 0 Å². The minimum Gasteiger partial charge on any atom is -0.393 e. The Labute approximate surface area is 108 Å². The van der Waals surface area contributed by atoms with Crippen LogP contribution >= 0.6 is 0 Å². The maximum absolute atomic E-state index is 10.2. The third kappa shape index (κ3) is 3.53. The quantitative estimate of drug-likeness (QED) is 0.733. The van der Waals surface area contributed by atoms with Gasteiger partial charge in [-0.25, -0.2) is 0 Å². The van der Waals surface area contributed by atoms with Gasteiger partial charge in [-0.05, 0) is 24.0 Å². The first-order chi connectivity index (χ1) is 8.69. The Morgan fingerprint density at radius 2 is 1.83 bits per heavy atom. The molecule has 1 aliphatic heterocycles. The summed E-state index contributed by atoms with van der Waals surface area (Å²) in [7, 11) is 0. The van der Waals surface area contributed by atoms with E-state index >= 15 is 0 Å². The van der Waals surface area contributed by atoms with Crippen LogP contribution in [0, 0.1) is 0 Å².